The molecule has 1 amide bonds. The van der Waals surface area contributed by atoms with Gasteiger partial charge in [-0.1, -0.05) is 36.7 Å². The minimum Gasteiger partial charge on any atom is -0.493 e. The van der Waals surface area contributed by atoms with E-state index in [1.54, 1.807) is 7.11 Å². The monoisotopic (exact) mass is 522 g/mol. The highest BCUT2D eigenvalue weighted by Gasteiger charge is 2.25. The van der Waals surface area contributed by atoms with Crippen molar-refractivity contribution >= 4 is 34.1 Å². The van der Waals surface area contributed by atoms with Crippen molar-refractivity contribution in [3.05, 3.63) is 58.7 Å². The number of para-hydroxylation sites is 1. The summed E-state index contributed by atoms with van der Waals surface area (Å²) in [6.07, 6.45) is 6.72. The van der Waals surface area contributed by atoms with Crippen LogP contribution in [0.2, 0.25) is 5.02 Å². The Morgan fingerprint density at radius 1 is 1.08 bits per heavy atom. The molecule has 1 aliphatic heterocycles. The highest BCUT2D eigenvalue weighted by Crippen LogP contribution is 2.37. The molecule has 0 atom stereocenters. The molecule has 2 N–H and O–H groups in total. The van der Waals surface area contributed by atoms with Gasteiger partial charge in [0.05, 0.1) is 17.8 Å². The van der Waals surface area contributed by atoms with Crippen LogP contribution in [0.5, 0.6) is 5.75 Å². The summed E-state index contributed by atoms with van der Waals surface area (Å²) < 4.78 is 5.64. The van der Waals surface area contributed by atoms with E-state index in [0.717, 1.165) is 80.2 Å². The summed E-state index contributed by atoms with van der Waals surface area (Å²) in [5.74, 6) is 1.56. The Hall–Kier alpha value is -2.70. The summed E-state index contributed by atoms with van der Waals surface area (Å²) in [7, 11) is 1.70. The number of amides is 1. The maximum Gasteiger partial charge on any atom is 0.267 e. The molecule has 3 aromatic rings. The number of carbonyl (C=O) groups excluding carboxylic acids is 1. The summed E-state index contributed by atoms with van der Waals surface area (Å²) in [5, 5.41) is 5.04. The molecule has 2 aliphatic rings. The Morgan fingerprint density at radius 2 is 1.84 bits per heavy atom. The number of aromatic amines is 1. The Bertz CT molecular complexity index is 1180. The average molecular weight is 523 g/mol. The molecule has 1 aromatic heterocycles. The topological polar surface area (TPSA) is 60.6 Å². The molecular formula is C30H39ClN4O2. The molecule has 7 heteroatoms. The Labute approximate surface area is 225 Å². The molecule has 0 unspecified atom stereocenters. The molecule has 0 bridgehead atoms. The second-order valence-corrected chi connectivity index (χ2v) is 11.0. The molecule has 37 heavy (non-hydrogen) atoms. The molecule has 6 nitrogen and oxygen atoms in total. The van der Waals surface area contributed by atoms with Gasteiger partial charge in [0.25, 0.3) is 5.91 Å². The maximum atomic E-state index is 12.8. The van der Waals surface area contributed by atoms with Crippen molar-refractivity contribution in [1.29, 1.82) is 0 Å². The first-order valence-corrected chi connectivity index (χ1v) is 14.1. The fourth-order valence-corrected chi connectivity index (χ4v) is 6.22. The van der Waals surface area contributed by atoms with E-state index >= 15 is 0 Å². The number of hydrogen-bond donors (Lipinski definition) is 2. The largest absolute Gasteiger partial charge is 0.493 e. The van der Waals surface area contributed by atoms with Crippen LogP contribution in [0.15, 0.2) is 42.5 Å². The fraction of sp³-hybridized carbons (Fsp3) is 0.500. The van der Waals surface area contributed by atoms with Crippen molar-refractivity contribution in [1.82, 2.24) is 15.2 Å². The Morgan fingerprint density at radius 3 is 2.54 bits per heavy atom. The number of carbonyl (C=O) groups is 1. The third kappa shape index (κ3) is 6.07. The van der Waals surface area contributed by atoms with E-state index in [1.807, 2.05) is 36.4 Å². The highest BCUT2D eigenvalue weighted by molar-refractivity contribution is 6.32. The summed E-state index contributed by atoms with van der Waals surface area (Å²) in [6.45, 7) is 7.42. The van der Waals surface area contributed by atoms with Gasteiger partial charge in [0.2, 0.25) is 0 Å². The summed E-state index contributed by atoms with van der Waals surface area (Å²) in [5.41, 5.74) is 4.04. The Kier molecular flexibility index (Phi) is 8.26. The zero-order chi connectivity index (χ0) is 25.8. The number of methoxy groups -OCH3 is 1. The van der Waals surface area contributed by atoms with Gasteiger partial charge in [-0.25, -0.2) is 0 Å². The number of piperazine rings is 1. The fourth-order valence-electron chi connectivity index (χ4n) is 5.91. The highest BCUT2D eigenvalue weighted by atomic mass is 35.5. The first-order valence-electron chi connectivity index (χ1n) is 13.8. The quantitative estimate of drug-likeness (QED) is 0.387. The van der Waals surface area contributed by atoms with Crippen molar-refractivity contribution in [2.45, 2.75) is 51.5 Å². The molecular weight excluding hydrogens is 484 g/mol. The number of ether oxygens (including phenoxy) is 1. The molecule has 1 aliphatic carbocycles. The molecule has 1 saturated carbocycles. The maximum absolute atomic E-state index is 12.8. The third-order valence-electron chi connectivity index (χ3n) is 8.22. The minimum absolute atomic E-state index is 0.0138. The zero-order valence-electron chi connectivity index (χ0n) is 22.1. The lowest BCUT2D eigenvalue weighted by atomic mass is 9.84. The van der Waals surface area contributed by atoms with Gasteiger partial charge in [0, 0.05) is 43.1 Å². The first-order chi connectivity index (χ1) is 18.0. The van der Waals surface area contributed by atoms with E-state index in [4.69, 9.17) is 16.3 Å². The SMILES string of the molecule is CCc1cc(Cl)c(OC)c(N2CCN(CCC3CCC(NC(=O)c4cc5ccccc5[nH]4)CC3)CC2)c1. The minimum atomic E-state index is 0.0138. The van der Waals surface area contributed by atoms with E-state index in [0.29, 0.717) is 10.7 Å². The lowest BCUT2D eigenvalue weighted by molar-refractivity contribution is 0.0915. The van der Waals surface area contributed by atoms with Crippen molar-refractivity contribution in [3.8, 4) is 5.75 Å². The molecule has 2 aromatic carbocycles. The van der Waals surface area contributed by atoms with E-state index in [9.17, 15) is 4.79 Å². The van der Waals surface area contributed by atoms with Crippen LogP contribution in [0.25, 0.3) is 10.9 Å². The van der Waals surface area contributed by atoms with E-state index in [2.05, 4.69) is 33.1 Å². The molecule has 2 heterocycles. The summed E-state index contributed by atoms with van der Waals surface area (Å²) in [6, 6.07) is 14.5. The van der Waals surface area contributed by atoms with Crippen molar-refractivity contribution in [2.75, 3.05) is 44.7 Å². The molecule has 198 valence electrons. The van der Waals surface area contributed by atoms with Gasteiger partial charge in [0.1, 0.15) is 5.69 Å². The van der Waals surface area contributed by atoms with Crippen LogP contribution in [0.1, 0.15) is 55.1 Å². The number of H-pyrrole nitrogens is 1. The average Bonchev–Trinajstić information content (AvgIpc) is 3.37. The summed E-state index contributed by atoms with van der Waals surface area (Å²) in [4.78, 5) is 21.0. The van der Waals surface area contributed by atoms with Crippen molar-refractivity contribution in [2.24, 2.45) is 5.92 Å². The van der Waals surface area contributed by atoms with Gasteiger partial charge >= 0.3 is 0 Å². The van der Waals surface area contributed by atoms with Gasteiger partial charge in [-0.3, -0.25) is 9.69 Å². The normalized spacial score (nSPS) is 20.8. The second kappa shape index (κ2) is 11.8. The lowest BCUT2D eigenvalue weighted by Gasteiger charge is -2.38. The van der Waals surface area contributed by atoms with Crippen molar-refractivity contribution in [3.63, 3.8) is 0 Å². The predicted octanol–water partition coefficient (Wildman–Crippen LogP) is 5.89. The number of hydrogen-bond acceptors (Lipinski definition) is 4. The third-order valence-corrected chi connectivity index (χ3v) is 8.50. The molecule has 1 saturated heterocycles. The number of rotatable bonds is 8. The van der Waals surface area contributed by atoms with Gasteiger partial charge in [-0.15, -0.1) is 0 Å². The van der Waals surface area contributed by atoms with Gasteiger partial charge < -0.3 is 19.9 Å². The second-order valence-electron chi connectivity index (χ2n) is 10.6. The number of aryl methyl sites for hydroxylation is 1. The van der Waals surface area contributed by atoms with E-state index in [-0.39, 0.29) is 11.9 Å². The van der Waals surface area contributed by atoms with Crippen molar-refractivity contribution < 1.29 is 9.53 Å². The lowest BCUT2D eigenvalue weighted by Crippen LogP contribution is -2.47. The molecule has 0 spiro atoms. The van der Waals surface area contributed by atoms with Gasteiger partial charge in [-0.2, -0.15) is 0 Å². The summed E-state index contributed by atoms with van der Waals surface area (Å²) >= 11 is 6.50. The smallest absolute Gasteiger partial charge is 0.267 e. The van der Waals surface area contributed by atoms with E-state index in [1.165, 1.54) is 24.8 Å². The number of nitrogens with zero attached hydrogens (tertiary/aromatic N) is 2. The van der Waals surface area contributed by atoms with Crippen LogP contribution >= 0.6 is 11.6 Å². The van der Waals surface area contributed by atoms with E-state index < -0.39 is 0 Å². The number of fused-ring (bicyclic) bond motifs is 1. The van der Waals surface area contributed by atoms with Crippen LogP contribution < -0.4 is 15.0 Å². The van der Waals surface area contributed by atoms with Crippen LogP contribution in [-0.4, -0.2) is 61.7 Å². The predicted molar refractivity (Wildman–Crippen MR) is 152 cm³/mol. The Balaban J connectivity index is 1.05. The first kappa shape index (κ1) is 25.9. The zero-order valence-corrected chi connectivity index (χ0v) is 22.8. The number of halogens is 1. The number of anilines is 1. The van der Waals surface area contributed by atoms with Gasteiger partial charge in [0.15, 0.2) is 5.75 Å². The van der Waals surface area contributed by atoms with Crippen LogP contribution in [0.3, 0.4) is 0 Å². The van der Waals surface area contributed by atoms with Gasteiger partial charge in [-0.05, 0) is 80.8 Å². The molecule has 5 rings (SSSR count). The standard InChI is InChI=1S/C30H39ClN4O2/c1-3-21-18-25(31)29(37-2)28(19-21)35-16-14-34(15-17-35)13-12-22-8-10-24(11-9-22)32-30(36)27-20-23-6-4-5-7-26(23)33-27/h4-7,18-20,22,24,33H,3,8-17H2,1-2H3,(H,32,36). The van der Waals surface area contributed by atoms with Crippen LogP contribution in [-0.2, 0) is 6.42 Å². The molecule has 2 fully saturated rings. The van der Waals surface area contributed by atoms with Crippen LogP contribution in [0, 0.1) is 5.92 Å². The number of benzene rings is 2. The number of aromatic nitrogens is 1. The van der Waals surface area contributed by atoms with Crippen LogP contribution in [0.4, 0.5) is 5.69 Å². The number of nitrogens with one attached hydrogen (secondary N) is 2. The molecule has 0 radical (unpaired) electrons.